The van der Waals surface area contributed by atoms with Gasteiger partial charge in [-0.3, -0.25) is 0 Å². The number of hydrogen-bond acceptors (Lipinski definition) is 3. The Bertz CT molecular complexity index is 501. The van der Waals surface area contributed by atoms with Crippen LogP contribution in [-0.2, 0) is 6.54 Å². The lowest BCUT2D eigenvalue weighted by molar-refractivity contribution is -0.140. The lowest BCUT2D eigenvalue weighted by Gasteiger charge is -2.10. The van der Waals surface area contributed by atoms with E-state index in [2.05, 4.69) is 9.97 Å². The quantitative estimate of drug-likeness (QED) is 0.877. The van der Waals surface area contributed by atoms with Crippen molar-refractivity contribution in [2.45, 2.75) is 12.7 Å². The fraction of sp³-hybridized carbons (Fsp3) is 0.200. The van der Waals surface area contributed by atoms with Gasteiger partial charge >= 0.3 is 6.18 Å². The first kappa shape index (κ1) is 11.4. The molecule has 0 atom stereocenters. The van der Waals surface area contributed by atoms with Crippen LogP contribution in [0.2, 0.25) is 0 Å². The maximum absolute atomic E-state index is 12.3. The molecule has 0 saturated heterocycles. The van der Waals surface area contributed by atoms with Gasteiger partial charge in [0.2, 0.25) is 0 Å². The lowest BCUT2D eigenvalue weighted by Crippen LogP contribution is -2.17. The van der Waals surface area contributed by atoms with Crippen molar-refractivity contribution in [2.75, 3.05) is 5.73 Å². The molecule has 0 bridgehead atoms. The summed E-state index contributed by atoms with van der Waals surface area (Å²) in [5.74, 6) is 0.315. The third kappa shape index (κ3) is 2.74. The van der Waals surface area contributed by atoms with Crippen molar-refractivity contribution in [3.63, 3.8) is 0 Å². The van der Waals surface area contributed by atoms with Crippen LogP contribution in [0.5, 0.6) is 0 Å². The van der Waals surface area contributed by atoms with Gasteiger partial charge in [0.15, 0.2) is 0 Å². The third-order valence-corrected chi connectivity index (χ3v) is 2.14. The molecule has 2 N–H and O–H groups in total. The first-order valence-electron chi connectivity index (χ1n) is 4.74. The van der Waals surface area contributed by atoms with Gasteiger partial charge < -0.3 is 10.3 Å². The topological polar surface area (TPSA) is 56.7 Å². The number of rotatable bonds is 2. The molecule has 0 radical (unpaired) electrons. The minimum atomic E-state index is -4.28. The highest BCUT2D eigenvalue weighted by Gasteiger charge is 2.28. The Morgan fingerprint density at radius 1 is 1.24 bits per heavy atom. The Morgan fingerprint density at radius 2 is 2.00 bits per heavy atom. The molecule has 4 nitrogen and oxygen atoms in total. The summed E-state index contributed by atoms with van der Waals surface area (Å²) < 4.78 is 37.9. The van der Waals surface area contributed by atoms with Crippen LogP contribution in [0, 0.1) is 0 Å². The molecular formula is C10H9F3N4. The molecule has 0 fully saturated rings. The van der Waals surface area contributed by atoms with E-state index in [1.165, 1.54) is 18.5 Å². The Balaban J connectivity index is 2.33. The van der Waals surface area contributed by atoms with Gasteiger partial charge in [-0.05, 0) is 12.1 Å². The van der Waals surface area contributed by atoms with Gasteiger partial charge in [-0.2, -0.15) is 13.2 Å². The molecule has 17 heavy (non-hydrogen) atoms. The van der Waals surface area contributed by atoms with E-state index >= 15 is 0 Å². The normalized spacial score (nSPS) is 11.7. The van der Waals surface area contributed by atoms with E-state index in [-0.39, 0.29) is 0 Å². The zero-order chi connectivity index (χ0) is 12.5. The van der Waals surface area contributed by atoms with Gasteiger partial charge in [-0.25, -0.2) is 9.97 Å². The minimum absolute atomic E-state index is 0.315. The summed E-state index contributed by atoms with van der Waals surface area (Å²) in [7, 11) is 0. The first-order valence-corrected chi connectivity index (χ1v) is 4.74. The predicted molar refractivity (Wildman–Crippen MR) is 55.9 cm³/mol. The van der Waals surface area contributed by atoms with Crippen LogP contribution in [0.1, 0.15) is 0 Å². The highest BCUT2D eigenvalue weighted by atomic mass is 19.4. The molecule has 2 heterocycles. The largest absolute Gasteiger partial charge is 0.406 e. The fourth-order valence-corrected chi connectivity index (χ4v) is 1.44. The summed E-state index contributed by atoms with van der Waals surface area (Å²) in [6.45, 7) is -1.08. The van der Waals surface area contributed by atoms with E-state index < -0.39 is 12.7 Å². The summed E-state index contributed by atoms with van der Waals surface area (Å²) in [6, 6.07) is 3.13. The number of nitrogen functional groups attached to an aromatic ring is 1. The molecule has 0 aliphatic heterocycles. The summed E-state index contributed by atoms with van der Waals surface area (Å²) >= 11 is 0. The van der Waals surface area contributed by atoms with Crippen LogP contribution in [0.25, 0.3) is 11.3 Å². The molecular weight excluding hydrogens is 233 g/mol. The summed E-state index contributed by atoms with van der Waals surface area (Å²) in [5, 5.41) is 0. The van der Waals surface area contributed by atoms with Crippen molar-refractivity contribution in [2.24, 2.45) is 0 Å². The standard InChI is InChI=1S/C10H9F3N4/c11-10(12,13)5-17-6-15-4-8(17)7-1-2-9(14)16-3-7/h1-4,6H,5H2,(H2,14,16). The number of alkyl halides is 3. The summed E-state index contributed by atoms with van der Waals surface area (Å²) in [4.78, 5) is 7.54. The molecule has 0 amide bonds. The number of nitrogens with zero attached hydrogens (tertiary/aromatic N) is 3. The van der Waals surface area contributed by atoms with Crippen molar-refractivity contribution in [3.8, 4) is 11.3 Å². The Hall–Kier alpha value is -2.05. The second kappa shape index (κ2) is 4.08. The van der Waals surface area contributed by atoms with E-state index in [1.54, 1.807) is 6.07 Å². The van der Waals surface area contributed by atoms with Gasteiger partial charge in [0, 0.05) is 11.8 Å². The monoisotopic (exact) mass is 242 g/mol. The molecule has 0 aliphatic carbocycles. The number of halogens is 3. The predicted octanol–water partition coefficient (Wildman–Crippen LogP) is 2.09. The van der Waals surface area contributed by atoms with Crippen LogP contribution < -0.4 is 5.73 Å². The van der Waals surface area contributed by atoms with Gasteiger partial charge in [0.05, 0.1) is 18.2 Å². The van der Waals surface area contributed by atoms with Gasteiger partial charge in [-0.15, -0.1) is 0 Å². The maximum Gasteiger partial charge on any atom is 0.406 e. The van der Waals surface area contributed by atoms with Crippen molar-refractivity contribution in [1.29, 1.82) is 0 Å². The molecule has 0 spiro atoms. The van der Waals surface area contributed by atoms with Gasteiger partial charge in [0.25, 0.3) is 0 Å². The highest BCUT2D eigenvalue weighted by Crippen LogP contribution is 2.23. The molecule has 0 aromatic carbocycles. The highest BCUT2D eigenvalue weighted by molar-refractivity contribution is 5.59. The number of imidazole rings is 1. The van der Waals surface area contributed by atoms with Crippen LogP contribution in [-0.4, -0.2) is 20.7 Å². The number of aromatic nitrogens is 3. The Kier molecular flexibility index (Phi) is 2.74. The zero-order valence-electron chi connectivity index (χ0n) is 8.65. The van der Waals surface area contributed by atoms with Crippen LogP contribution in [0.4, 0.5) is 19.0 Å². The van der Waals surface area contributed by atoms with E-state index in [0.29, 0.717) is 17.1 Å². The average molecular weight is 242 g/mol. The Morgan fingerprint density at radius 3 is 2.59 bits per heavy atom. The van der Waals surface area contributed by atoms with E-state index in [1.807, 2.05) is 0 Å². The maximum atomic E-state index is 12.3. The fourth-order valence-electron chi connectivity index (χ4n) is 1.44. The molecule has 0 aliphatic rings. The Labute approximate surface area is 94.9 Å². The molecule has 90 valence electrons. The lowest BCUT2D eigenvalue weighted by atomic mass is 10.2. The smallest absolute Gasteiger partial charge is 0.384 e. The number of hydrogen-bond donors (Lipinski definition) is 1. The van der Waals surface area contributed by atoms with Crippen molar-refractivity contribution < 1.29 is 13.2 Å². The first-order chi connectivity index (χ1) is 7.96. The van der Waals surface area contributed by atoms with Crippen LogP contribution in [0.15, 0.2) is 30.9 Å². The number of anilines is 1. The zero-order valence-corrected chi connectivity index (χ0v) is 8.65. The third-order valence-electron chi connectivity index (χ3n) is 2.14. The minimum Gasteiger partial charge on any atom is -0.384 e. The van der Waals surface area contributed by atoms with Crippen molar-refractivity contribution >= 4 is 5.82 Å². The summed E-state index contributed by atoms with van der Waals surface area (Å²) in [5.41, 5.74) is 6.31. The van der Waals surface area contributed by atoms with Crippen LogP contribution in [0.3, 0.4) is 0 Å². The molecule has 2 aromatic rings. The second-order valence-corrected chi connectivity index (χ2v) is 3.49. The van der Waals surface area contributed by atoms with Crippen LogP contribution >= 0.6 is 0 Å². The summed E-state index contributed by atoms with van der Waals surface area (Å²) in [6.07, 6.45) is -0.367. The molecule has 0 saturated carbocycles. The second-order valence-electron chi connectivity index (χ2n) is 3.49. The van der Waals surface area contributed by atoms with E-state index in [4.69, 9.17) is 5.73 Å². The van der Waals surface area contributed by atoms with Gasteiger partial charge in [0.1, 0.15) is 12.4 Å². The molecule has 7 heteroatoms. The average Bonchev–Trinajstić information content (AvgIpc) is 2.64. The molecule has 0 unspecified atom stereocenters. The van der Waals surface area contributed by atoms with Crippen molar-refractivity contribution in [3.05, 3.63) is 30.9 Å². The van der Waals surface area contributed by atoms with E-state index in [0.717, 1.165) is 10.9 Å². The van der Waals surface area contributed by atoms with Crippen molar-refractivity contribution in [1.82, 2.24) is 14.5 Å². The number of pyridine rings is 1. The van der Waals surface area contributed by atoms with Gasteiger partial charge in [-0.1, -0.05) is 0 Å². The van der Waals surface area contributed by atoms with E-state index in [9.17, 15) is 13.2 Å². The SMILES string of the molecule is Nc1ccc(-c2cncn2CC(F)(F)F)cn1. The number of nitrogens with two attached hydrogens (primary N) is 1. The molecule has 2 rings (SSSR count). The molecule has 2 aromatic heterocycles.